The van der Waals surface area contributed by atoms with E-state index in [0.717, 1.165) is 0 Å². The standard InChI is InChI=1S/C12H26N4O.HI/c1-11(2,3)15-9(17)8-14-10(13-7)16-12(4,5)6;/h8H2,1-7H3,(H,15,17)(H2,13,14,16);1H. The Labute approximate surface area is 128 Å². The van der Waals surface area contributed by atoms with Crippen molar-refractivity contribution in [1.82, 2.24) is 16.0 Å². The highest BCUT2D eigenvalue weighted by molar-refractivity contribution is 14.0. The summed E-state index contributed by atoms with van der Waals surface area (Å²) >= 11 is 0. The molecule has 0 aromatic rings. The van der Waals surface area contributed by atoms with Crippen LogP contribution >= 0.6 is 24.0 Å². The summed E-state index contributed by atoms with van der Waals surface area (Å²) in [5, 5.41) is 9.04. The number of hydrogen-bond donors (Lipinski definition) is 3. The summed E-state index contributed by atoms with van der Waals surface area (Å²) in [5.74, 6) is 0.580. The zero-order chi connectivity index (χ0) is 13.7. The minimum Gasteiger partial charge on any atom is -0.352 e. The Balaban J connectivity index is 0. The molecule has 0 spiro atoms. The van der Waals surface area contributed by atoms with Crippen LogP contribution in [0.1, 0.15) is 41.5 Å². The fourth-order valence-corrected chi connectivity index (χ4v) is 1.16. The second-order valence-corrected chi connectivity index (χ2v) is 6.10. The van der Waals surface area contributed by atoms with Crippen LogP contribution in [-0.4, -0.2) is 36.5 Å². The number of aliphatic imine (C=N–C) groups is 1. The average Bonchev–Trinajstić information content (AvgIpc) is 2.07. The molecule has 108 valence electrons. The van der Waals surface area contributed by atoms with Gasteiger partial charge >= 0.3 is 0 Å². The fourth-order valence-electron chi connectivity index (χ4n) is 1.16. The maximum absolute atomic E-state index is 11.6. The number of amides is 1. The van der Waals surface area contributed by atoms with Gasteiger partial charge in [-0.1, -0.05) is 0 Å². The average molecular weight is 370 g/mol. The molecule has 1 amide bonds. The Morgan fingerprint density at radius 2 is 1.44 bits per heavy atom. The molecular weight excluding hydrogens is 343 g/mol. The van der Waals surface area contributed by atoms with Gasteiger partial charge in [-0.2, -0.15) is 0 Å². The summed E-state index contributed by atoms with van der Waals surface area (Å²) in [6.45, 7) is 12.2. The van der Waals surface area contributed by atoms with Gasteiger partial charge in [0, 0.05) is 18.1 Å². The van der Waals surface area contributed by atoms with E-state index in [1.54, 1.807) is 7.05 Å². The van der Waals surface area contributed by atoms with Gasteiger partial charge in [0.2, 0.25) is 5.91 Å². The lowest BCUT2D eigenvalue weighted by atomic mass is 10.1. The van der Waals surface area contributed by atoms with Crippen LogP contribution in [0, 0.1) is 0 Å². The number of guanidine groups is 1. The van der Waals surface area contributed by atoms with Crippen LogP contribution in [0.5, 0.6) is 0 Å². The Morgan fingerprint density at radius 1 is 1.00 bits per heavy atom. The summed E-state index contributed by atoms with van der Waals surface area (Å²) in [5.41, 5.74) is -0.290. The van der Waals surface area contributed by atoms with Crippen molar-refractivity contribution >= 4 is 35.8 Å². The van der Waals surface area contributed by atoms with E-state index in [-0.39, 0.29) is 47.5 Å². The third-order valence-electron chi connectivity index (χ3n) is 1.65. The van der Waals surface area contributed by atoms with Crippen LogP contribution in [0.15, 0.2) is 4.99 Å². The van der Waals surface area contributed by atoms with Crippen molar-refractivity contribution in [3.8, 4) is 0 Å². The van der Waals surface area contributed by atoms with Gasteiger partial charge in [0.25, 0.3) is 0 Å². The molecule has 0 saturated heterocycles. The third-order valence-corrected chi connectivity index (χ3v) is 1.65. The Morgan fingerprint density at radius 3 is 1.78 bits per heavy atom. The summed E-state index contributed by atoms with van der Waals surface area (Å²) < 4.78 is 0. The van der Waals surface area contributed by atoms with Gasteiger partial charge in [0.1, 0.15) is 0 Å². The van der Waals surface area contributed by atoms with Crippen molar-refractivity contribution < 1.29 is 4.79 Å². The Kier molecular flexibility index (Phi) is 8.59. The van der Waals surface area contributed by atoms with Gasteiger partial charge in [0.15, 0.2) is 5.96 Å². The first kappa shape index (κ1) is 19.8. The monoisotopic (exact) mass is 370 g/mol. The molecule has 0 aliphatic heterocycles. The zero-order valence-corrected chi connectivity index (χ0v) is 14.8. The molecule has 5 nitrogen and oxygen atoms in total. The number of nitrogens with zero attached hydrogens (tertiary/aromatic N) is 1. The van der Waals surface area contributed by atoms with Gasteiger partial charge in [-0.3, -0.25) is 9.79 Å². The normalized spacial score (nSPS) is 12.5. The van der Waals surface area contributed by atoms with Crippen LogP contribution < -0.4 is 16.0 Å². The van der Waals surface area contributed by atoms with Crippen LogP contribution in [0.25, 0.3) is 0 Å². The quantitative estimate of drug-likeness (QED) is 0.392. The van der Waals surface area contributed by atoms with Crippen molar-refractivity contribution in [3.05, 3.63) is 0 Å². The van der Waals surface area contributed by atoms with E-state index in [0.29, 0.717) is 5.96 Å². The molecule has 0 aliphatic carbocycles. The molecule has 0 aromatic heterocycles. The molecule has 0 rings (SSSR count). The zero-order valence-electron chi connectivity index (χ0n) is 12.5. The van der Waals surface area contributed by atoms with Crippen molar-refractivity contribution in [1.29, 1.82) is 0 Å². The maximum atomic E-state index is 11.6. The number of halogens is 1. The molecule has 0 heterocycles. The fraction of sp³-hybridized carbons (Fsp3) is 0.833. The molecule has 6 heteroatoms. The minimum absolute atomic E-state index is 0. The maximum Gasteiger partial charge on any atom is 0.239 e. The lowest BCUT2D eigenvalue weighted by molar-refractivity contribution is -0.121. The van der Waals surface area contributed by atoms with E-state index in [1.165, 1.54) is 0 Å². The molecule has 0 radical (unpaired) electrons. The van der Waals surface area contributed by atoms with E-state index in [1.807, 2.05) is 41.5 Å². The van der Waals surface area contributed by atoms with Crippen molar-refractivity contribution in [2.75, 3.05) is 13.6 Å². The van der Waals surface area contributed by atoms with Crippen molar-refractivity contribution in [3.63, 3.8) is 0 Å². The lowest BCUT2D eigenvalue weighted by Crippen LogP contribution is -2.51. The number of rotatable bonds is 2. The van der Waals surface area contributed by atoms with Gasteiger partial charge in [-0.05, 0) is 41.5 Å². The number of carbonyl (C=O) groups excluding carboxylic acids is 1. The highest BCUT2D eigenvalue weighted by Gasteiger charge is 2.15. The van der Waals surface area contributed by atoms with Crippen LogP contribution in [0.3, 0.4) is 0 Å². The van der Waals surface area contributed by atoms with E-state index in [9.17, 15) is 4.79 Å². The highest BCUT2D eigenvalue weighted by Crippen LogP contribution is 1.98. The minimum atomic E-state index is -0.209. The summed E-state index contributed by atoms with van der Waals surface area (Å²) in [6.07, 6.45) is 0. The SMILES string of the molecule is CN=C(NCC(=O)NC(C)(C)C)NC(C)(C)C.I. The predicted molar refractivity (Wildman–Crippen MR) is 87.6 cm³/mol. The first-order valence-electron chi connectivity index (χ1n) is 5.83. The Bertz CT molecular complexity index is 289. The van der Waals surface area contributed by atoms with E-state index >= 15 is 0 Å². The molecule has 0 aliphatic rings. The molecule has 0 atom stereocenters. The van der Waals surface area contributed by atoms with E-state index < -0.39 is 0 Å². The van der Waals surface area contributed by atoms with Gasteiger partial charge in [-0.25, -0.2) is 0 Å². The lowest BCUT2D eigenvalue weighted by Gasteiger charge is -2.24. The molecule has 0 saturated carbocycles. The number of carbonyl (C=O) groups is 1. The highest BCUT2D eigenvalue weighted by atomic mass is 127. The second kappa shape index (κ2) is 7.81. The summed E-state index contributed by atoms with van der Waals surface area (Å²) in [7, 11) is 1.68. The molecule has 0 aromatic carbocycles. The summed E-state index contributed by atoms with van der Waals surface area (Å²) in [6, 6.07) is 0. The first-order valence-corrected chi connectivity index (χ1v) is 5.83. The second-order valence-electron chi connectivity index (χ2n) is 6.10. The van der Waals surface area contributed by atoms with Crippen LogP contribution in [-0.2, 0) is 4.79 Å². The molecular formula is C12H27IN4O. The molecule has 0 bridgehead atoms. The largest absolute Gasteiger partial charge is 0.352 e. The number of nitrogens with one attached hydrogen (secondary N) is 3. The molecule has 3 N–H and O–H groups in total. The first-order chi connectivity index (χ1) is 7.53. The van der Waals surface area contributed by atoms with Crippen molar-refractivity contribution in [2.24, 2.45) is 4.99 Å². The van der Waals surface area contributed by atoms with Crippen molar-refractivity contribution in [2.45, 2.75) is 52.6 Å². The number of hydrogen-bond acceptors (Lipinski definition) is 2. The van der Waals surface area contributed by atoms with Gasteiger partial charge in [-0.15, -0.1) is 24.0 Å². The smallest absolute Gasteiger partial charge is 0.239 e. The van der Waals surface area contributed by atoms with E-state index in [4.69, 9.17) is 0 Å². The topological polar surface area (TPSA) is 65.5 Å². The molecule has 18 heavy (non-hydrogen) atoms. The van der Waals surface area contributed by atoms with Crippen LogP contribution in [0.4, 0.5) is 0 Å². The third kappa shape index (κ3) is 11.9. The summed E-state index contributed by atoms with van der Waals surface area (Å²) in [4.78, 5) is 15.6. The Hall–Kier alpha value is -0.530. The molecule has 0 unspecified atom stereocenters. The predicted octanol–water partition coefficient (Wildman–Crippen LogP) is 1.48. The van der Waals surface area contributed by atoms with Gasteiger partial charge < -0.3 is 16.0 Å². The van der Waals surface area contributed by atoms with E-state index in [2.05, 4.69) is 20.9 Å². The molecule has 0 fully saturated rings. The van der Waals surface area contributed by atoms with Gasteiger partial charge in [0.05, 0.1) is 6.54 Å². The van der Waals surface area contributed by atoms with Crippen LogP contribution in [0.2, 0.25) is 0 Å².